The van der Waals surface area contributed by atoms with Crippen LogP contribution in [0.5, 0.6) is 11.5 Å². The van der Waals surface area contributed by atoms with E-state index in [1.165, 1.54) is 25.3 Å². The van der Waals surface area contributed by atoms with Gasteiger partial charge in [-0.1, -0.05) is 11.6 Å². The molecule has 0 aromatic heterocycles. The van der Waals surface area contributed by atoms with E-state index in [0.717, 1.165) is 0 Å². The molecule has 0 saturated carbocycles. The van der Waals surface area contributed by atoms with Crippen molar-refractivity contribution in [2.24, 2.45) is 0 Å². The molecule has 0 radical (unpaired) electrons. The van der Waals surface area contributed by atoms with Crippen LogP contribution in [-0.2, 0) is 4.79 Å². The lowest BCUT2D eigenvalue weighted by Gasteiger charge is -2.11. The molecule has 2 aromatic rings. The molecule has 0 saturated heterocycles. The number of nitrogens with one attached hydrogen (secondary N) is 1. The highest BCUT2D eigenvalue weighted by molar-refractivity contribution is 6.30. The quantitative estimate of drug-likeness (QED) is 0.847. The third-order valence-corrected chi connectivity index (χ3v) is 3.16. The van der Waals surface area contributed by atoms with Gasteiger partial charge in [0.05, 0.1) is 7.11 Å². The maximum absolute atomic E-state index is 11.9. The predicted molar refractivity (Wildman–Crippen MR) is 85.5 cm³/mol. The number of rotatable bonds is 6. The van der Waals surface area contributed by atoms with E-state index in [-0.39, 0.29) is 17.9 Å². The summed E-state index contributed by atoms with van der Waals surface area (Å²) in [5, 5.41) is 12.3. The van der Waals surface area contributed by atoms with E-state index in [1.54, 1.807) is 24.3 Å². The van der Waals surface area contributed by atoms with Gasteiger partial charge in [-0.2, -0.15) is 0 Å². The topological polar surface area (TPSA) is 84.9 Å². The van der Waals surface area contributed by atoms with Crippen molar-refractivity contribution in [3.05, 3.63) is 53.1 Å². The van der Waals surface area contributed by atoms with Crippen molar-refractivity contribution >= 4 is 29.2 Å². The standard InChI is InChI=1S/C16H14ClNO5/c1-22-12-6-7-13(16(20)21)14(8-12)23-9-15(19)18-11-4-2-10(17)3-5-11/h2-8H,9H2,1H3,(H,18,19)(H,20,21). The number of carboxylic acid groups (broad SMARTS) is 1. The highest BCUT2D eigenvalue weighted by Crippen LogP contribution is 2.25. The summed E-state index contributed by atoms with van der Waals surface area (Å²) in [6.07, 6.45) is 0. The Labute approximate surface area is 137 Å². The molecule has 0 aliphatic heterocycles. The lowest BCUT2D eigenvalue weighted by molar-refractivity contribution is -0.118. The van der Waals surface area contributed by atoms with Gasteiger partial charge < -0.3 is 19.9 Å². The fraction of sp³-hybridized carbons (Fsp3) is 0.125. The zero-order valence-electron chi connectivity index (χ0n) is 12.2. The van der Waals surface area contributed by atoms with Gasteiger partial charge in [0, 0.05) is 16.8 Å². The summed E-state index contributed by atoms with van der Waals surface area (Å²) >= 11 is 5.76. The van der Waals surface area contributed by atoms with Crippen molar-refractivity contribution in [1.29, 1.82) is 0 Å². The molecule has 120 valence electrons. The van der Waals surface area contributed by atoms with Crippen LogP contribution < -0.4 is 14.8 Å². The van der Waals surface area contributed by atoms with Crippen molar-refractivity contribution in [3.63, 3.8) is 0 Å². The summed E-state index contributed by atoms with van der Waals surface area (Å²) in [6.45, 7) is -0.337. The predicted octanol–water partition coefficient (Wildman–Crippen LogP) is 3.06. The average Bonchev–Trinajstić information content (AvgIpc) is 2.54. The Morgan fingerprint density at radius 1 is 1.17 bits per heavy atom. The van der Waals surface area contributed by atoms with Crippen LogP contribution in [0.15, 0.2) is 42.5 Å². The zero-order valence-corrected chi connectivity index (χ0v) is 13.0. The Bertz CT molecular complexity index is 715. The number of benzene rings is 2. The van der Waals surface area contributed by atoms with Crippen LogP contribution in [0.2, 0.25) is 5.02 Å². The van der Waals surface area contributed by atoms with Gasteiger partial charge >= 0.3 is 5.97 Å². The molecule has 0 heterocycles. The molecule has 23 heavy (non-hydrogen) atoms. The maximum atomic E-state index is 11.9. The van der Waals surface area contributed by atoms with Crippen molar-refractivity contribution < 1.29 is 24.2 Å². The van der Waals surface area contributed by atoms with E-state index in [1.807, 2.05) is 0 Å². The molecule has 0 fully saturated rings. The number of halogens is 1. The Hall–Kier alpha value is -2.73. The minimum atomic E-state index is -1.15. The van der Waals surface area contributed by atoms with Gasteiger partial charge in [-0.05, 0) is 36.4 Å². The summed E-state index contributed by atoms with van der Waals surface area (Å²) < 4.78 is 10.3. The molecule has 0 atom stereocenters. The zero-order chi connectivity index (χ0) is 16.8. The summed E-state index contributed by atoms with van der Waals surface area (Å²) in [6, 6.07) is 10.9. The van der Waals surface area contributed by atoms with Gasteiger partial charge in [0.1, 0.15) is 17.1 Å². The SMILES string of the molecule is COc1ccc(C(=O)O)c(OCC(=O)Nc2ccc(Cl)cc2)c1. The first-order valence-corrected chi connectivity index (χ1v) is 6.97. The number of carbonyl (C=O) groups is 2. The maximum Gasteiger partial charge on any atom is 0.339 e. The number of anilines is 1. The number of hydrogen-bond acceptors (Lipinski definition) is 4. The van der Waals surface area contributed by atoms with E-state index < -0.39 is 11.9 Å². The first-order chi connectivity index (χ1) is 11.0. The molecule has 2 aromatic carbocycles. The number of carboxylic acids is 1. The van der Waals surface area contributed by atoms with Crippen LogP contribution in [0.1, 0.15) is 10.4 Å². The number of carbonyl (C=O) groups excluding carboxylic acids is 1. The van der Waals surface area contributed by atoms with Gasteiger partial charge in [0.25, 0.3) is 5.91 Å². The summed E-state index contributed by atoms with van der Waals surface area (Å²) in [4.78, 5) is 23.0. The second-order valence-corrected chi connectivity index (χ2v) is 4.95. The van der Waals surface area contributed by atoms with Crippen LogP contribution in [0.25, 0.3) is 0 Å². The minimum absolute atomic E-state index is 0.0508. The number of ether oxygens (including phenoxy) is 2. The van der Waals surface area contributed by atoms with Crippen LogP contribution in [-0.4, -0.2) is 30.7 Å². The molecule has 0 bridgehead atoms. The molecule has 6 nitrogen and oxygen atoms in total. The van der Waals surface area contributed by atoms with E-state index in [9.17, 15) is 9.59 Å². The third-order valence-electron chi connectivity index (χ3n) is 2.91. The van der Waals surface area contributed by atoms with Crippen LogP contribution in [0.4, 0.5) is 5.69 Å². The molecular formula is C16H14ClNO5. The Balaban J connectivity index is 2.03. The number of aromatic carboxylic acids is 1. The monoisotopic (exact) mass is 335 g/mol. The van der Waals surface area contributed by atoms with Gasteiger partial charge in [-0.25, -0.2) is 4.79 Å². The molecule has 2 N–H and O–H groups in total. The van der Waals surface area contributed by atoms with Crippen molar-refractivity contribution in [2.45, 2.75) is 0 Å². The van der Waals surface area contributed by atoms with Gasteiger partial charge in [0.2, 0.25) is 0 Å². The Morgan fingerprint density at radius 3 is 2.48 bits per heavy atom. The fourth-order valence-electron chi connectivity index (χ4n) is 1.80. The smallest absolute Gasteiger partial charge is 0.339 e. The molecule has 0 aliphatic rings. The second kappa shape index (κ2) is 7.51. The van der Waals surface area contributed by atoms with Crippen LogP contribution >= 0.6 is 11.6 Å². The molecule has 0 unspecified atom stereocenters. The van der Waals surface area contributed by atoms with E-state index in [4.69, 9.17) is 26.2 Å². The first kappa shape index (κ1) is 16.6. The van der Waals surface area contributed by atoms with Crippen LogP contribution in [0.3, 0.4) is 0 Å². The Morgan fingerprint density at radius 2 is 1.87 bits per heavy atom. The minimum Gasteiger partial charge on any atom is -0.497 e. The van der Waals surface area contributed by atoms with Crippen molar-refractivity contribution in [3.8, 4) is 11.5 Å². The van der Waals surface area contributed by atoms with Crippen LogP contribution in [0, 0.1) is 0 Å². The van der Waals surface area contributed by atoms with Crippen molar-refractivity contribution in [2.75, 3.05) is 19.0 Å². The Kier molecular flexibility index (Phi) is 5.43. The average molecular weight is 336 g/mol. The lowest BCUT2D eigenvalue weighted by Crippen LogP contribution is -2.20. The normalized spacial score (nSPS) is 10.0. The molecule has 2 rings (SSSR count). The largest absolute Gasteiger partial charge is 0.497 e. The van der Waals surface area contributed by atoms with Gasteiger partial charge in [0.15, 0.2) is 6.61 Å². The van der Waals surface area contributed by atoms with Gasteiger partial charge in [-0.3, -0.25) is 4.79 Å². The van der Waals surface area contributed by atoms with Crippen molar-refractivity contribution in [1.82, 2.24) is 0 Å². The lowest BCUT2D eigenvalue weighted by atomic mass is 10.2. The summed E-state index contributed by atoms with van der Waals surface area (Å²) in [7, 11) is 1.45. The number of methoxy groups -OCH3 is 1. The molecule has 7 heteroatoms. The first-order valence-electron chi connectivity index (χ1n) is 6.59. The van der Waals surface area contributed by atoms with E-state index in [2.05, 4.69) is 5.32 Å². The fourth-order valence-corrected chi connectivity index (χ4v) is 1.93. The molecular weight excluding hydrogens is 322 g/mol. The summed E-state index contributed by atoms with van der Waals surface area (Å²) in [5.41, 5.74) is 0.511. The highest BCUT2D eigenvalue weighted by atomic mass is 35.5. The number of amides is 1. The molecule has 1 amide bonds. The van der Waals surface area contributed by atoms with Gasteiger partial charge in [-0.15, -0.1) is 0 Å². The summed E-state index contributed by atoms with van der Waals surface area (Å²) in [5.74, 6) is -1.08. The van der Waals surface area contributed by atoms with E-state index in [0.29, 0.717) is 16.5 Å². The molecule has 0 aliphatic carbocycles. The second-order valence-electron chi connectivity index (χ2n) is 4.51. The highest BCUT2D eigenvalue weighted by Gasteiger charge is 2.14. The third kappa shape index (κ3) is 4.62. The van der Waals surface area contributed by atoms with E-state index >= 15 is 0 Å². The number of hydrogen-bond donors (Lipinski definition) is 2. The molecule has 0 spiro atoms.